The van der Waals surface area contributed by atoms with Crippen LogP contribution in [0.15, 0.2) is 24.3 Å². The number of hydrogen-bond acceptors (Lipinski definition) is 3. The highest BCUT2D eigenvalue weighted by molar-refractivity contribution is 5.74. The van der Waals surface area contributed by atoms with Crippen LogP contribution in [0.5, 0.6) is 5.75 Å². The molecule has 0 atom stereocenters. The zero-order valence-electron chi connectivity index (χ0n) is 11.3. The summed E-state index contributed by atoms with van der Waals surface area (Å²) in [6, 6.07) is 7.26. The molecule has 104 valence electrons. The zero-order chi connectivity index (χ0) is 13.3. The molecule has 0 amide bonds. The van der Waals surface area contributed by atoms with Crippen LogP contribution in [0.25, 0.3) is 0 Å². The maximum Gasteiger partial charge on any atom is 0.150 e. The van der Waals surface area contributed by atoms with Gasteiger partial charge < -0.3 is 9.47 Å². The maximum atomic E-state index is 10.5. The van der Waals surface area contributed by atoms with Gasteiger partial charge in [-0.1, -0.05) is 6.42 Å². The van der Waals surface area contributed by atoms with Gasteiger partial charge in [0.1, 0.15) is 12.0 Å². The Labute approximate surface area is 114 Å². The van der Waals surface area contributed by atoms with Crippen LogP contribution in [-0.4, -0.2) is 26.1 Å². The van der Waals surface area contributed by atoms with Crippen molar-refractivity contribution in [1.29, 1.82) is 0 Å². The normalized spacial score (nSPS) is 16.2. The second-order valence-electron chi connectivity index (χ2n) is 5.09. The molecule has 1 aromatic carbocycles. The molecule has 0 N–H and O–H groups in total. The van der Waals surface area contributed by atoms with Crippen LogP contribution in [0.1, 0.15) is 42.5 Å². The molecule has 0 saturated carbocycles. The standard InChI is InChI=1S/C16H22O3/c17-13-15-4-6-16(7-5-15)19-10-2-1-3-14-8-11-18-12-9-14/h4-7,13-14H,1-3,8-12H2. The number of aldehydes is 1. The molecule has 0 aromatic heterocycles. The van der Waals surface area contributed by atoms with Crippen LogP contribution in [0.3, 0.4) is 0 Å². The third-order valence-corrected chi connectivity index (χ3v) is 3.63. The zero-order valence-corrected chi connectivity index (χ0v) is 11.3. The Kier molecular flexibility index (Phi) is 5.89. The second kappa shape index (κ2) is 7.95. The molecular weight excluding hydrogens is 240 g/mol. The summed E-state index contributed by atoms with van der Waals surface area (Å²) in [6.45, 7) is 2.62. The summed E-state index contributed by atoms with van der Waals surface area (Å²) in [5.41, 5.74) is 0.687. The van der Waals surface area contributed by atoms with Gasteiger partial charge in [0.2, 0.25) is 0 Å². The highest BCUT2D eigenvalue weighted by Gasteiger charge is 2.12. The predicted octanol–water partition coefficient (Wildman–Crippen LogP) is 3.47. The van der Waals surface area contributed by atoms with E-state index in [1.54, 1.807) is 12.1 Å². The Balaban J connectivity index is 1.56. The molecule has 1 aliphatic heterocycles. The van der Waals surface area contributed by atoms with Gasteiger partial charge in [-0.2, -0.15) is 0 Å². The molecule has 19 heavy (non-hydrogen) atoms. The van der Waals surface area contributed by atoms with Crippen molar-refractivity contribution >= 4 is 6.29 Å². The molecule has 1 fully saturated rings. The topological polar surface area (TPSA) is 35.5 Å². The molecule has 2 rings (SSSR count). The number of unbranched alkanes of at least 4 members (excludes halogenated alkanes) is 1. The Bertz CT molecular complexity index is 366. The van der Waals surface area contributed by atoms with Crippen molar-refractivity contribution in [3.63, 3.8) is 0 Å². The minimum Gasteiger partial charge on any atom is -0.494 e. The summed E-state index contributed by atoms with van der Waals surface area (Å²) in [7, 11) is 0. The average molecular weight is 262 g/mol. The summed E-state index contributed by atoms with van der Waals surface area (Å²) < 4.78 is 11.0. The lowest BCUT2D eigenvalue weighted by Crippen LogP contribution is -2.15. The van der Waals surface area contributed by atoms with E-state index in [1.807, 2.05) is 12.1 Å². The summed E-state index contributed by atoms with van der Waals surface area (Å²) in [4.78, 5) is 10.5. The van der Waals surface area contributed by atoms with Crippen molar-refractivity contribution in [3.05, 3.63) is 29.8 Å². The first-order valence-corrected chi connectivity index (χ1v) is 7.14. The summed E-state index contributed by atoms with van der Waals surface area (Å²) in [5.74, 6) is 1.69. The fourth-order valence-corrected chi connectivity index (χ4v) is 2.40. The quantitative estimate of drug-likeness (QED) is 0.557. The minimum absolute atomic E-state index is 0.687. The first-order chi connectivity index (χ1) is 9.38. The van der Waals surface area contributed by atoms with Crippen molar-refractivity contribution < 1.29 is 14.3 Å². The molecule has 1 saturated heterocycles. The molecule has 0 bridgehead atoms. The highest BCUT2D eigenvalue weighted by atomic mass is 16.5. The van der Waals surface area contributed by atoms with Crippen LogP contribution < -0.4 is 4.74 Å². The fourth-order valence-electron chi connectivity index (χ4n) is 2.40. The van der Waals surface area contributed by atoms with Crippen LogP contribution >= 0.6 is 0 Å². The number of hydrogen-bond donors (Lipinski definition) is 0. The first kappa shape index (κ1) is 14.1. The summed E-state index contributed by atoms with van der Waals surface area (Å²) >= 11 is 0. The summed E-state index contributed by atoms with van der Waals surface area (Å²) in [5, 5.41) is 0. The lowest BCUT2D eigenvalue weighted by atomic mass is 9.94. The van der Waals surface area contributed by atoms with Crippen molar-refractivity contribution in [2.24, 2.45) is 5.92 Å². The molecule has 3 nitrogen and oxygen atoms in total. The van der Waals surface area contributed by atoms with E-state index in [0.29, 0.717) is 5.56 Å². The average Bonchev–Trinajstić information content (AvgIpc) is 2.49. The van der Waals surface area contributed by atoms with Crippen molar-refractivity contribution in [1.82, 2.24) is 0 Å². The van der Waals surface area contributed by atoms with Gasteiger partial charge in [0.15, 0.2) is 0 Å². The van der Waals surface area contributed by atoms with Gasteiger partial charge in [-0.15, -0.1) is 0 Å². The molecule has 0 aliphatic carbocycles. The molecule has 0 spiro atoms. The Morgan fingerprint density at radius 1 is 1.16 bits per heavy atom. The number of rotatable bonds is 7. The Morgan fingerprint density at radius 3 is 2.58 bits per heavy atom. The van der Waals surface area contributed by atoms with Crippen LogP contribution in [0.4, 0.5) is 0 Å². The highest BCUT2D eigenvalue weighted by Crippen LogP contribution is 2.21. The fraction of sp³-hybridized carbons (Fsp3) is 0.562. The predicted molar refractivity (Wildman–Crippen MR) is 74.7 cm³/mol. The summed E-state index contributed by atoms with van der Waals surface area (Å²) in [6.07, 6.45) is 6.88. The van der Waals surface area contributed by atoms with Gasteiger partial charge in [-0.3, -0.25) is 4.79 Å². The molecule has 1 heterocycles. The van der Waals surface area contributed by atoms with E-state index in [4.69, 9.17) is 9.47 Å². The third-order valence-electron chi connectivity index (χ3n) is 3.63. The lowest BCUT2D eigenvalue weighted by molar-refractivity contribution is 0.0628. The van der Waals surface area contributed by atoms with Gasteiger partial charge in [-0.25, -0.2) is 0 Å². The minimum atomic E-state index is 0.687. The number of benzene rings is 1. The Morgan fingerprint density at radius 2 is 1.89 bits per heavy atom. The van der Waals surface area contributed by atoms with Crippen LogP contribution in [-0.2, 0) is 4.74 Å². The lowest BCUT2D eigenvalue weighted by Gasteiger charge is -2.21. The molecule has 3 heteroatoms. The second-order valence-corrected chi connectivity index (χ2v) is 5.09. The van der Waals surface area contributed by atoms with E-state index in [2.05, 4.69) is 0 Å². The van der Waals surface area contributed by atoms with E-state index in [9.17, 15) is 4.79 Å². The molecule has 0 unspecified atom stereocenters. The monoisotopic (exact) mass is 262 g/mol. The molecule has 0 radical (unpaired) electrons. The van der Waals surface area contributed by atoms with E-state index < -0.39 is 0 Å². The van der Waals surface area contributed by atoms with Gasteiger partial charge in [0, 0.05) is 18.8 Å². The van der Waals surface area contributed by atoms with Gasteiger partial charge in [0.25, 0.3) is 0 Å². The maximum absolute atomic E-state index is 10.5. The molecule has 1 aliphatic rings. The van der Waals surface area contributed by atoms with E-state index in [0.717, 1.165) is 44.2 Å². The molecular formula is C16H22O3. The van der Waals surface area contributed by atoms with Crippen molar-refractivity contribution in [2.45, 2.75) is 32.1 Å². The van der Waals surface area contributed by atoms with Crippen LogP contribution in [0.2, 0.25) is 0 Å². The van der Waals surface area contributed by atoms with Crippen molar-refractivity contribution in [2.75, 3.05) is 19.8 Å². The van der Waals surface area contributed by atoms with Gasteiger partial charge in [-0.05, 0) is 55.9 Å². The number of carbonyl (C=O) groups excluding carboxylic acids is 1. The van der Waals surface area contributed by atoms with Crippen molar-refractivity contribution in [3.8, 4) is 5.75 Å². The van der Waals surface area contributed by atoms with E-state index >= 15 is 0 Å². The first-order valence-electron chi connectivity index (χ1n) is 7.14. The smallest absolute Gasteiger partial charge is 0.150 e. The van der Waals surface area contributed by atoms with Gasteiger partial charge >= 0.3 is 0 Å². The third kappa shape index (κ3) is 5.03. The molecule has 1 aromatic rings. The van der Waals surface area contributed by atoms with Crippen LogP contribution in [0, 0.1) is 5.92 Å². The van der Waals surface area contributed by atoms with E-state index in [1.165, 1.54) is 25.7 Å². The number of carbonyl (C=O) groups is 1. The van der Waals surface area contributed by atoms with Gasteiger partial charge in [0.05, 0.1) is 6.61 Å². The van der Waals surface area contributed by atoms with E-state index in [-0.39, 0.29) is 0 Å². The Hall–Kier alpha value is -1.35. The SMILES string of the molecule is O=Cc1ccc(OCCCCC2CCOCC2)cc1. The largest absolute Gasteiger partial charge is 0.494 e. The number of ether oxygens (including phenoxy) is 2.